The van der Waals surface area contributed by atoms with Crippen molar-refractivity contribution < 1.29 is 38.5 Å². The van der Waals surface area contributed by atoms with Crippen molar-refractivity contribution in [3.63, 3.8) is 0 Å². The van der Waals surface area contributed by atoms with Gasteiger partial charge in [-0.05, 0) is 71.6 Å². The summed E-state index contributed by atoms with van der Waals surface area (Å²) in [6, 6.07) is 3.15. The van der Waals surface area contributed by atoms with E-state index in [9.17, 15) is 24.3 Å². The highest BCUT2D eigenvalue weighted by atomic mass is 16.6. The fourth-order valence-electron chi connectivity index (χ4n) is 3.17. The van der Waals surface area contributed by atoms with Crippen LogP contribution in [0.3, 0.4) is 0 Å². The first-order valence-corrected chi connectivity index (χ1v) is 12.2. The summed E-state index contributed by atoms with van der Waals surface area (Å²) < 4.78 is 16.4. The van der Waals surface area contributed by atoms with Gasteiger partial charge in [0, 0.05) is 12.3 Å². The lowest BCUT2D eigenvalue weighted by molar-refractivity contribution is -0.146. The lowest BCUT2D eigenvalue weighted by atomic mass is 9.82. The Balaban J connectivity index is 3.42. The molecule has 0 saturated heterocycles. The number of benzene rings is 1. The van der Waals surface area contributed by atoms with E-state index in [1.165, 1.54) is 12.1 Å². The molecule has 0 aromatic heterocycles. The number of aliphatic carboxylic acids is 1. The van der Waals surface area contributed by atoms with Gasteiger partial charge in [-0.2, -0.15) is 0 Å². The second-order valence-electron chi connectivity index (χ2n) is 11.1. The first kappa shape index (κ1) is 31.1. The Morgan fingerprint density at radius 1 is 0.944 bits per heavy atom. The first-order valence-electron chi connectivity index (χ1n) is 12.2. The van der Waals surface area contributed by atoms with E-state index in [4.69, 9.17) is 19.9 Å². The van der Waals surface area contributed by atoms with Gasteiger partial charge < -0.3 is 25.1 Å². The van der Waals surface area contributed by atoms with E-state index in [-0.39, 0.29) is 30.5 Å². The Morgan fingerprint density at radius 3 is 1.94 bits per heavy atom. The van der Waals surface area contributed by atoms with Crippen molar-refractivity contribution in [1.29, 1.82) is 0 Å². The summed E-state index contributed by atoms with van der Waals surface area (Å²) in [5, 5.41) is 9.65. The summed E-state index contributed by atoms with van der Waals surface area (Å²) in [6.07, 6.45) is 1.82. The van der Waals surface area contributed by atoms with E-state index in [2.05, 4.69) is 0 Å². The Morgan fingerprint density at radius 2 is 1.47 bits per heavy atom. The van der Waals surface area contributed by atoms with Crippen LogP contribution in [-0.2, 0) is 23.9 Å². The van der Waals surface area contributed by atoms with Gasteiger partial charge in [-0.15, -0.1) is 0 Å². The molecule has 9 nitrogen and oxygen atoms in total. The van der Waals surface area contributed by atoms with Crippen molar-refractivity contribution >= 4 is 23.9 Å². The molecule has 0 aliphatic heterocycles. The zero-order valence-electron chi connectivity index (χ0n) is 22.7. The standard InChI is InChI=1S/C27H41NO8/c1-9-10-11-20(29)34-15-16(2)21(22(28)23(30)31)17-12-13-18(35-24(32)26(3,4)5)19(14-17)36-25(33)27(6,7)8/h12-14,16,21-22H,9-11,15,28H2,1-8H3,(H,30,31)/t16?,21?,22-/m0/s1. The van der Waals surface area contributed by atoms with Crippen LogP contribution in [0.5, 0.6) is 11.5 Å². The van der Waals surface area contributed by atoms with Crippen LogP contribution in [0.1, 0.15) is 86.1 Å². The molecule has 0 spiro atoms. The van der Waals surface area contributed by atoms with Crippen molar-refractivity contribution in [2.45, 2.75) is 86.6 Å². The summed E-state index contributed by atoms with van der Waals surface area (Å²) in [7, 11) is 0. The van der Waals surface area contributed by atoms with Gasteiger partial charge in [0.2, 0.25) is 0 Å². The summed E-state index contributed by atoms with van der Waals surface area (Å²) in [5.41, 5.74) is 4.82. The van der Waals surface area contributed by atoms with Crippen LogP contribution in [0.4, 0.5) is 0 Å². The molecule has 2 unspecified atom stereocenters. The van der Waals surface area contributed by atoms with Gasteiger partial charge in [0.25, 0.3) is 0 Å². The number of carboxylic acids is 1. The van der Waals surface area contributed by atoms with Crippen molar-refractivity contribution in [1.82, 2.24) is 0 Å². The molecule has 0 saturated carbocycles. The predicted molar refractivity (Wildman–Crippen MR) is 135 cm³/mol. The van der Waals surface area contributed by atoms with Crippen LogP contribution in [-0.4, -0.2) is 41.6 Å². The number of unbranched alkanes of at least 4 members (excludes halogenated alkanes) is 1. The molecule has 1 aromatic carbocycles. The van der Waals surface area contributed by atoms with Crippen molar-refractivity contribution in [3.8, 4) is 11.5 Å². The quantitative estimate of drug-likeness (QED) is 0.328. The molecule has 36 heavy (non-hydrogen) atoms. The molecule has 0 amide bonds. The van der Waals surface area contributed by atoms with E-state index < -0.39 is 46.6 Å². The molecule has 1 aromatic rings. The average Bonchev–Trinajstić information content (AvgIpc) is 2.76. The number of carbonyl (C=O) groups is 4. The molecule has 0 bridgehead atoms. The van der Waals surface area contributed by atoms with Gasteiger partial charge in [0.1, 0.15) is 6.04 Å². The maximum atomic E-state index is 12.7. The molecule has 0 fully saturated rings. The zero-order chi connectivity index (χ0) is 27.8. The van der Waals surface area contributed by atoms with Crippen LogP contribution in [0.15, 0.2) is 18.2 Å². The normalized spacial score (nSPS) is 14.4. The van der Waals surface area contributed by atoms with Crippen molar-refractivity contribution in [2.75, 3.05) is 6.61 Å². The lowest BCUT2D eigenvalue weighted by Gasteiger charge is -2.28. The maximum Gasteiger partial charge on any atom is 0.321 e. The number of carbonyl (C=O) groups excluding carboxylic acids is 3. The van der Waals surface area contributed by atoms with Crippen LogP contribution < -0.4 is 15.2 Å². The number of hydrogen-bond acceptors (Lipinski definition) is 8. The third kappa shape index (κ3) is 9.26. The lowest BCUT2D eigenvalue weighted by Crippen LogP contribution is -2.40. The van der Waals surface area contributed by atoms with Crippen LogP contribution in [0.25, 0.3) is 0 Å². The Hall–Kier alpha value is -2.94. The van der Waals surface area contributed by atoms with E-state index in [1.54, 1.807) is 54.5 Å². The summed E-state index contributed by atoms with van der Waals surface area (Å²) in [6.45, 7) is 13.8. The van der Waals surface area contributed by atoms with Crippen LogP contribution >= 0.6 is 0 Å². The molecule has 0 aliphatic rings. The Labute approximate surface area is 213 Å². The van der Waals surface area contributed by atoms with Gasteiger partial charge >= 0.3 is 23.9 Å². The molecule has 3 atom stereocenters. The number of hydrogen-bond donors (Lipinski definition) is 2. The highest BCUT2D eigenvalue weighted by Gasteiger charge is 2.34. The first-order chi connectivity index (χ1) is 16.5. The number of rotatable bonds is 11. The third-order valence-electron chi connectivity index (χ3n) is 5.51. The second kappa shape index (κ2) is 12.9. The topological polar surface area (TPSA) is 142 Å². The highest BCUT2D eigenvalue weighted by molar-refractivity contribution is 5.81. The zero-order valence-corrected chi connectivity index (χ0v) is 22.7. The van der Waals surface area contributed by atoms with E-state index >= 15 is 0 Å². The Kier molecular flexibility index (Phi) is 11.1. The average molecular weight is 508 g/mol. The predicted octanol–water partition coefficient (Wildman–Crippen LogP) is 4.45. The molecule has 1 rings (SSSR count). The number of nitrogens with two attached hydrogens (primary N) is 1. The minimum absolute atomic E-state index is 0.0255. The van der Waals surface area contributed by atoms with Gasteiger partial charge in [0.05, 0.1) is 17.4 Å². The van der Waals surface area contributed by atoms with E-state index in [0.29, 0.717) is 12.0 Å². The van der Waals surface area contributed by atoms with Crippen LogP contribution in [0.2, 0.25) is 0 Å². The molecule has 0 heterocycles. The molecule has 202 valence electrons. The van der Waals surface area contributed by atoms with E-state index in [1.807, 2.05) is 6.92 Å². The SMILES string of the molecule is CCCCC(=O)OCC(C)C(c1ccc(OC(=O)C(C)(C)C)c(OC(=O)C(C)(C)C)c1)[C@H](N)C(=O)O. The minimum Gasteiger partial charge on any atom is -0.480 e. The Bertz CT molecular complexity index is 942. The fourth-order valence-corrected chi connectivity index (χ4v) is 3.17. The minimum atomic E-state index is -1.33. The summed E-state index contributed by atoms with van der Waals surface area (Å²) in [5.74, 6) is -3.97. The third-order valence-corrected chi connectivity index (χ3v) is 5.51. The summed E-state index contributed by atoms with van der Waals surface area (Å²) in [4.78, 5) is 49.0. The van der Waals surface area contributed by atoms with Crippen molar-refractivity contribution in [2.24, 2.45) is 22.5 Å². The van der Waals surface area contributed by atoms with Gasteiger partial charge in [-0.1, -0.05) is 26.3 Å². The maximum absolute atomic E-state index is 12.7. The number of carboxylic acid groups (broad SMARTS) is 1. The molecule has 0 radical (unpaired) electrons. The molecular weight excluding hydrogens is 466 g/mol. The number of ether oxygens (including phenoxy) is 3. The number of esters is 3. The fraction of sp³-hybridized carbons (Fsp3) is 0.630. The smallest absolute Gasteiger partial charge is 0.321 e. The van der Waals surface area contributed by atoms with Crippen molar-refractivity contribution in [3.05, 3.63) is 23.8 Å². The largest absolute Gasteiger partial charge is 0.480 e. The summed E-state index contributed by atoms with van der Waals surface area (Å²) >= 11 is 0. The molecule has 0 aliphatic carbocycles. The second-order valence-corrected chi connectivity index (χ2v) is 11.1. The molecule has 9 heteroatoms. The molecule has 3 N–H and O–H groups in total. The monoisotopic (exact) mass is 507 g/mol. The van der Waals surface area contributed by atoms with Gasteiger partial charge in [-0.25, -0.2) is 0 Å². The van der Waals surface area contributed by atoms with Gasteiger partial charge in [0.15, 0.2) is 11.5 Å². The van der Waals surface area contributed by atoms with Crippen LogP contribution in [0, 0.1) is 16.7 Å². The molecular formula is C27H41NO8. The highest BCUT2D eigenvalue weighted by Crippen LogP contribution is 2.37. The van der Waals surface area contributed by atoms with Gasteiger partial charge in [-0.3, -0.25) is 19.2 Å². The van der Waals surface area contributed by atoms with E-state index in [0.717, 1.165) is 6.42 Å².